The highest BCUT2D eigenvalue weighted by atomic mass is 28.4. The normalized spacial score (nSPS) is 30.1. The van der Waals surface area contributed by atoms with Gasteiger partial charge in [0.1, 0.15) is 6.10 Å². The van der Waals surface area contributed by atoms with Gasteiger partial charge in [0.15, 0.2) is 8.32 Å². The van der Waals surface area contributed by atoms with Gasteiger partial charge in [-0.3, -0.25) is 4.79 Å². The molecule has 31 heavy (non-hydrogen) atoms. The number of carbonyl (C=O) groups excluding carboxylic acids is 1. The summed E-state index contributed by atoms with van der Waals surface area (Å²) in [6, 6.07) is 0. The summed E-state index contributed by atoms with van der Waals surface area (Å²) in [5.41, 5.74) is 0. The minimum Gasteiger partial charge on any atom is -0.462 e. The lowest BCUT2D eigenvalue weighted by Gasteiger charge is -2.39. The van der Waals surface area contributed by atoms with E-state index in [0.29, 0.717) is 24.2 Å². The average molecular weight is 449 g/mol. The van der Waals surface area contributed by atoms with Crippen LogP contribution >= 0.6 is 0 Å². The van der Waals surface area contributed by atoms with Gasteiger partial charge in [0, 0.05) is 12.3 Å². The Morgan fingerprint density at radius 1 is 1.26 bits per heavy atom. The van der Waals surface area contributed by atoms with E-state index in [9.17, 15) is 4.79 Å². The smallest absolute Gasteiger partial charge is 0.306 e. The second-order valence-corrected chi connectivity index (χ2v) is 16.1. The van der Waals surface area contributed by atoms with Crippen molar-refractivity contribution in [1.82, 2.24) is 0 Å². The lowest BCUT2D eigenvalue weighted by molar-refractivity contribution is -0.151. The molecule has 0 saturated heterocycles. The van der Waals surface area contributed by atoms with Gasteiger partial charge in [0.25, 0.3) is 0 Å². The molecule has 1 fully saturated rings. The SMILES string of the molecule is CCCCC[C@@H](/C=C/[C@@H]1[C@H]2C/C=C\CCCC(=O)O[C@H]2C[C@H]1C)O[Si](C)(C)C(C)(C)C. The van der Waals surface area contributed by atoms with Crippen LogP contribution in [0.3, 0.4) is 0 Å². The number of unbranched alkanes of at least 4 members (excludes halogenated alkanes) is 2. The van der Waals surface area contributed by atoms with Crippen molar-refractivity contribution in [2.24, 2.45) is 17.8 Å². The van der Waals surface area contributed by atoms with Gasteiger partial charge in [-0.1, -0.05) is 78.2 Å². The van der Waals surface area contributed by atoms with E-state index in [4.69, 9.17) is 9.16 Å². The van der Waals surface area contributed by atoms with E-state index < -0.39 is 8.32 Å². The summed E-state index contributed by atoms with van der Waals surface area (Å²) in [7, 11) is -1.82. The maximum atomic E-state index is 12.2. The Kier molecular flexibility index (Phi) is 10.1. The third-order valence-electron chi connectivity index (χ3n) is 7.73. The number of ether oxygens (including phenoxy) is 1. The Bertz CT molecular complexity index is 616. The summed E-state index contributed by atoms with van der Waals surface area (Å²) in [5, 5.41) is 0.213. The number of esters is 1. The van der Waals surface area contributed by atoms with E-state index in [1.54, 1.807) is 0 Å². The first-order chi connectivity index (χ1) is 14.5. The zero-order chi connectivity index (χ0) is 23.1. The number of hydrogen-bond donors (Lipinski definition) is 0. The van der Waals surface area contributed by atoms with Crippen molar-refractivity contribution in [3.05, 3.63) is 24.3 Å². The van der Waals surface area contributed by atoms with Crippen LogP contribution in [0.4, 0.5) is 0 Å². The number of fused-ring (bicyclic) bond motifs is 1. The van der Waals surface area contributed by atoms with Crippen molar-refractivity contribution in [2.75, 3.05) is 0 Å². The summed E-state index contributed by atoms with van der Waals surface area (Å²) in [6.45, 7) is 16.2. The molecule has 1 aliphatic heterocycles. The minimum atomic E-state index is -1.82. The summed E-state index contributed by atoms with van der Waals surface area (Å²) >= 11 is 0. The maximum Gasteiger partial charge on any atom is 0.306 e. The van der Waals surface area contributed by atoms with Crippen LogP contribution in [0.2, 0.25) is 18.1 Å². The molecule has 0 aromatic rings. The maximum absolute atomic E-state index is 12.2. The van der Waals surface area contributed by atoms with Crippen LogP contribution in [0.5, 0.6) is 0 Å². The van der Waals surface area contributed by atoms with Gasteiger partial charge in [0.2, 0.25) is 0 Å². The zero-order valence-corrected chi connectivity index (χ0v) is 22.3. The van der Waals surface area contributed by atoms with Gasteiger partial charge >= 0.3 is 5.97 Å². The lowest BCUT2D eigenvalue weighted by atomic mass is 9.86. The molecule has 0 amide bonds. The quantitative estimate of drug-likeness (QED) is 0.164. The van der Waals surface area contributed by atoms with Crippen LogP contribution in [0, 0.1) is 17.8 Å². The standard InChI is InChI=1S/C27H48O3Si/c1-8-9-12-15-22(30-31(6,7)27(3,4)5)18-19-23-21(2)20-25-24(23)16-13-10-11-14-17-26(28)29-25/h10,13,18-19,21-25H,8-9,11-12,14-17,20H2,1-7H3/b13-10-,19-18+/t21-,22+,23+,24-,25+/m1/s1. The van der Waals surface area contributed by atoms with Gasteiger partial charge in [-0.25, -0.2) is 0 Å². The summed E-state index contributed by atoms with van der Waals surface area (Å²) < 4.78 is 12.8. The molecule has 1 saturated carbocycles. The topological polar surface area (TPSA) is 35.5 Å². The average Bonchev–Trinajstić information content (AvgIpc) is 2.96. The van der Waals surface area contributed by atoms with Crippen LogP contribution in [0.15, 0.2) is 24.3 Å². The van der Waals surface area contributed by atoms with E-state index in [0.717, 1.165) is 32.1 Å². The van der Waals surface area contributed by atoms with Crippen LogP contribution in [-0.2, 0) is 14.0 Å². The van der Waals surface area contributed by atoms with Crippen molar-refractivity contribution >= 4 is 14.3 Å². The van der Waals surface area contributed by atoms with Gasteiger partial charge in [-0.15, -0.1) is 0 Å². The molecule has 4 heteroatoms. The Morgan fingerprint density at radius 2 is 2.00 bits per heavy atom. The van der Waals surface area contributed by atoms with Gasteiger partial charge in [-0.05, 0) is 62.1 Å². The predicted molar refractivity (Wildman–Crippen MR) is 134 cm³/mol. The molecule has 0 aromatic heterocycles. The van der Waals surface area contributed by atoms with E-state index in [-0.39, 0.29) is 23.2 Å². The molecule has 1 aliphatic carbocycles. The largest absolute Gasteiger partial charge is 0.462 e. The first-order valence-electron chi connectivity index (χ1n) is 12.8. The monoisotopic (exact) mass is 448 g/mol. The molecule has 2 aliphatic rings. The number of hydrogen-bond acceptors (Lipinski definition) is 3. The van der Waals surface area contributed by atoms with Crippen molar-refractivity contribution in [2.45, 2.75) is 123 Å². The van der Waals surface area contributed by atoms with Gasteiger partial charge in [0.05, 0.1) is 6.10 Å². The molecule has 0 bridgehead atoms. The van der Waals surface area contributed by atoms with Crippen LogP contribution in [0.1, 0.15) is 92.4 Å². The highest BCUT2D eigenvalue weighted by Crippen LogP contribution is 2.43. The molecule has 0 unspecified atom stereocenters. The van der Waals surface area contributed by atoms with Crippen LogP contribution in [-0.4, -0.2) is 26.5 Å². The Morgan fingerprint density at radius 3 is 2.68 bits per heavy atom. The number of rotatable bonds is 8. The fourth-order valence-electron chi connectivity index (χ4n) is 4.71. The third kappa shape index (κ3) is 7.89. The molecule has 5 atom stereocenters. The third-order valence-corrected chi connectivity index (χ3v) is 12.2. The molecule has 2 rings (SSSR count). The highest BCUT2D eigenvalue weighted by Gasteiger charge is 2.42. The fourth-order valence-corrected chi connectivity index (χ4v) is 6.01. The summed E-state index contributed by atoms with van der Waals surface area (Å²) in [6.07, 6.45) is 18.8. The Labute approximate surface area is 193 Å². The minimum absolute atomic E-state index is 0.0131. The van der Waals surface area contributed by atoms with Gasteiger partial charge in [-0.2, -0.15) is 0 Å². The number of allylic oxidation sites excluding steroid dienone is 3. The van der Waals surface area contributed by atoms with Crippen molar-refractivity contribution < 1.29 is 14.0 Å². The number of carbonyl (C=O) groups is 1. The molecule has 0 N–H and O–H groups in total. The van der Waals surface area contributed by atoms with E-state index in [1.807, 2.05) is 0 Å². The molecule has 0 radical (unpaired) electrons. The predicted octanol–water partition coefficient (Wildman–Crippen LogP) is 7.83. The fraction of sp³-hybridized carbons (Fsp3) is 0.815. The first kappa shape index (κ1) is 26.4. The van der Waals surface area contributed by atoms with E-state index in [2.05, 4.69) is 72.0 Å². The molecule has 178 valence electrons. The summed E-state index contributed by atoms with van der Waals surface area (Å²) in [5.74, 6) is 1.34. The lowest BCUT2D eigenvalue weighted by Crippen LogP contribution is -2.43. The highest BCUT2D eigenvalue weighted by molar-refractivity contribution is 6.74. The molecular weight excluding hydrogens is 400 g/mol. The zero-order valence-electron chi connectivity index (χ0n) is 21.3. The van der Waals surface area contributed by atoms with Crippen LogP contribution < -0.4 is 0 Å². The van der Waals surface area contributed by atoms with E-state index in [1.165, 1.54) is 19.3 Å². The molecular formula is C27H48O3Si. The van der Waals surface area contributed by atoms with E-state index >= 15 is 0 Å². The Balaban J connectivity index is 2.17. The second-order valence-electron chi connectivity index (χ2n) is 11.4. The van der Waals surface area contributed by atoms with Gasteiger partial charge < -0.3 is 9.16 Å². The van der Waals surface area contributed by atoms with Crippen molar-refractivity contribution in [1.29, 1.82) is 0 Å². The molecule has 0 spiro atoms. The second kappa shape index (κ2) is 11.8. The van der Waals surface area contributed by atoms with Crippen molar-refractivity contribution in [3.8, 4) is 0 Å². The first-order valence-corrected chi connectivity index (χ1v) is 15.7. The summed E-state index contributed by atoms with van der Waals surface area (Å²) in [4.78, 5) is 12.2. The van der Waals surface area contributed by atoms with Crippen molar-refractivity contribution in [3.63, 3.8) is 0 Å². The Hall–Kier alpha value is -0.873. The molecule has 3 nitrogen and oxygen atoms in total. The molecule has 1 heterocycles. The van der Waals surface area contributed by atoms with Crippen LogP contribution in [0.25, 0.3) is 0 Å². The molecule has 0 aromatic carbocycles.